The molecule has 27 heavy (non-hydrogen) atoms. The van der Waals surface area contributed by atoms with Crippen LogP contribution in [0.3, 0.4) is 0 Å². The zero-order valence-electron chi connectivity index (χ0n) is 15.4. The molecule has 3 amide bonds. The van der Waals surface area contributed by atoms with Crippen LogP contribution in [0.25, 0.3) is 11.3 Å². The summed E-state index contributed by atoms with van der Waals surface area (Å²) in [4.78, 5) is 39.1. The Hall–Kier alpha value is -2.78. The summed E-state index contributed by atoms with van der Waals surface area (Å²) in [5, 5.41) is 10.1. The molecule has 144 valence electrons. The van der Waals surface area contributed by atoms with Gasteiger partial charge in [-0.2, -0.15) is 0 Å². The quantitative estimate of drug-likeness (QED) is 0.574. The lowest BCUT2D eigenvalue weighted by molar-refractivity contribution is -0.125. The fraction of sp³-hybridized carbons (Fsp3) is 0.333. The van der Waals surface area contributed by atoms with Crippen molar-refractivity contribution in [3.05, 3.63) is 29.6 Å². The molecule has 9 heteroatoms. The van der Waals surface area contributed by atoms with Gasteiger partial charge in [-0.15, -0.1) is 11.3 Å². The van der Waals surface area contributed by atoms with Crippen molar-refractivity contribution in [1.29, 1.82) is 0 Å². The van der Waals surface area contributed by atoms with Gasteiger partial charge in [0, 0.05) is 23.6 Å². The predicted molar refractivity (Wildman–Crippen MR) is 106 cm³/mol. The fourth-order valence-electron chi connectivity index (χ4n) is 2.14. The number of nitrogens with two attached hydrogens (primary N) is 1. The van der Waals surface area contributed by atoms with Crippen molar-refractivity contribution in [1.82, 2.24) is 10.3 Å². The molecule has 0 aliphatic rings. The van der Waals surface area contributed by atoms with E-state index in [1.54, 1.807) is 12.1 Å². The van der Waals surface area contributed by atoms with E-state index in [4.69, 9.17) is 5.73 Å². The summed E-state index contributed by atoms with van der Waals surface area (Å²) in [6.45, 7) is 4.95. The highest BCUT2D eigenvalue weighted by Gasteiger charge is 2.18. The Morgan fingerprint density at radius 2 is 1.81 bits per heavy atom. The van der Waals surface area contributed by atoms with Crippen LogP contribution in [0.5, 0.6) is 0 Å². The second kappa shape index (κ2) is 9.24. The molecule has 1 heterocycles. The molecule has 0 spiro atoms. The first-order chi connectivity index (χ1) is 12.8. The van der Waals surface area contributed by atoms with E-state index >= 15 is 0 Å². The molecule has 2 aromatic rings. The van der Waals surface area contributed by atoms with Gasteiger partial charge < -0.3 is 21.7 Å². The van der Waals surface area contributed by atoms with Crippen molar-refractivity contribution in [3.8, 4) is 11.3 Å². The minimum absolute atomic E-state index is 0.00776. The highest BCUT2D eigenvalue weighted by Crippen LogP contribution is 2.25. The van der Waals surface area contributed by atoms with E-state index in [1.165, 1.54) is 18.3 Å². The van der Waals surface area contributed by atoms with Gasteiger partial charge in [0.25, 0.3) is 0 Å². The van der Waals surface area contributed by atoms with Gasteiger partial charge in [0.05, 0.1) is 18.3 Å². The minimum atomic E-state index is -0.648. The van der Waals surface area contributed by atoms with Crippen LogP contribution >= 0.6 is 11.3 Å². The van der Waals surface area contributed by atoms with E-state index in [9.17, 15) is 14.4 Å². The molecule has 5 N–H and O–H groups in total. The third-order valence-corrected chi connectivity index (χ3v) is 4.45. The smallest absolute Gasteiger partial charge is 0.245 e. The van der Waals surface area contributed by atoms with Crippen molar-refractivity contribution < 1.29 is 14.4 Å². The Bertz CT molecular complexity index is 817. The van der Waals surface area contributed by atoms with Gasteiger partial charge >= 0.3 is 0 Å². The normalized spacial score (nSPS) is 11.7. The predicted octanol–water partition coefficient (Wildman–Crippen LogP) is 1.81. The van der Waals surface area contributed by atoms with E-state index in [-0.39, 0.29) is 30.2 Å². The summed E-state index contributed by atoms with van der Waals surface area (Å²) >= 11 is 1.28. The maximum atomic E-state index is 12.0. The van der Waals surface area contributed by atoms with Crippen LogP contribution in [0, 0.1) is 5.92 Å². The van der Waals surface area contributed by atoms with E-state index < -0.39 is 6.04 Å². The number of carbonyl (C=O) groups is 3. The maximum absolute atomic E-state index is 12.0. The Morgan fingerprint density at radius 3 is 2.41 bits per heavy atom. The van der Waals surface area contributed by atoms with Gasteiger partial charge in [-0.3, -0.25) is 14.4 Å². The van der Waals surface area contributed by atoms with E-state index in [0.29, 0.717) is 16.5 Å². The zero-order valence-corrected chi connectivity index (χ0v) is 16.2. The van der Waals surface area contributed by atoms with Crippen molar-refractivity contribution in [2.75, 3.05) is 17.2 Å². The number of benzene rings is 1. The largest absolute Gasteiger partial charge is 0.346 e. The highest BCUT2D eigenvalue weighted by molar-refractivity contribution is 7.14. The second-order valence-electron chi connectivity index (χ2n) is 6.33. The van der Waals surface area contributed by atoms with Crippen LogP contribution in [0.2, 0.25) is 0 Å². The lowest BCUT2D eigenvalue weighted by Gasteiger charge is -2.14. The molecule has 1 aromatic carbocycles. The molecule has 0 aliphatic carbocycles. The fourth-order valence-corrected chi connectivity index (χ4v) is 2.88. The number of thiazole rings is 1. The molecular formula is C18H23N5O3S. The van der Waals surface area contributed by atoms with Crippen LogP contribution in [-0.4, -0.2) is 35.3 Å². The molecule has 1 atom stereocenters. The third-order valence-electron chi connectivity index (χ3n) is 3.70. The standard InChI is InChI=1S/C18H23N5O3S/c1-10(2)16(19)17(26)20-8-15(25)23-18-22-14(9-27-18)12-4-6-13(7-5-12)21-11(3)24/h4-7,9-10,16H,8,19H2,1-3H3,(H,20,26)(H,21,24)(H,22,23,25)/t16-/m0/s1. The number of nitrogens with one attached hydrogen (secondary N) is 3. The Balaban J connectivity index is 1.90. The van der Waals surface area contributed by atoms with E-state index in [1.807, 2.05) is 31.4 Å². The average Bonchev–Trinajstić information content (AvgIpc) is 3.07. The summed E-state index contributed by atoms with van der Waals surface area (Å²) in [7, 11) is 0. The molecule has 0 bridgehead atoms. The number of amides is 3. The zero-order chi connectivity index (χ0) is 20.0. The number of aromatic nitrogens is 1. The van der Waals surface area contributed by atoms with Crippen molar-refractivity contribution >= 4 is 39.9 Å². The van der Waals surface area contributed by atoms with E-state index in [2.05, 4.69) is 20.9 Å². The summed E-state index contributed by atoms with van der Waals surface area (Å²) in [5.74, 6) is -0.880. The number of nitrogens with zero attached hydrogens (tertiary/aromatic N) is 1. The molecule has 1 aromatic heterocycles. The molecule has 0 fully saturated rings. The monoisotopic (exact) mass is 389 g/mol. The molecule has 2 rings (SSSR count). The molecule has 0 saturated carbocycles. The Kier molecular flexibility index (Phi) is 7.03. The lowest BCUT2D eigenvalue weighted by atomic mass is 10.1. The maximum Gasteiger partial charge on any atom is 0.245 e. The van der Waals surface area contributed by atoms with Gasteiger partial charge in [0.1, 0.15) is 0 Å². The highest BCUT2D eigenvalue weighted by atomic mass is 32.1. The summed E-state index contributed by atoms with van der Waals surface area (Å²) in [6.07, 6.45) is 0. The second-order valence-corrected chi connectivity index (χ2v) is 7.19. The number of hydrogen-bond acceptors (Lipinski definition) is 6. The van der Waals surface area contributed by atoms with Crippen LogP contribution in [0.4, 0.5) is 10.8 Å². The van der Waals surface area contributed by atoms with Crippen LogP contribution in [-0.2, 0) is 14.4 Å². The minimum Gasteiger partial charge on any atom is -0.346 e. The number of rotatable bonds is 7. The molecule has 0 radical (unpaired) electrons. The number of hydrogen-bond donors (Lipinski definition) is 4. The summed E-state index contributed by atoms with van der Waals surface area (Å²) in [5.41, 5.74) is 7.99. The Morgan fingerprint density at radius 1 is 1.15 bits per heavy atom. The van der Waals surface area contributed by atoms with Gasteiger partial charge in [0.15, 0.2) is 5.13 Å². The van der Waals surface area contributed by atoms with Crippen LogP contribution in [0.15, 0.2) is 29.6 Å². The molecular weight excluding hydrogens is 366 g/mol. The van der Waals surface area contributed by atoms with Crippen LogP contribution < -0.4 is 21.7 Å². The first-order valence-electron chi connectivity index (χ1n) is 8.43. The lowest BCUT2D eigenvalue weighted by Crippen LogP contribution is -2.46. The van der Waals surface area contributed by atoms with Crippen molar-refractivity contribution in [2.24, 2.45) is 11.7 Å². The van der Waals surface area contributed by atoms with E-state index in [0.717, 1.165) is 5.56 Å². The van der Waals surface area contributed by atoms with Gasteiger partial charge in [-0.25, -0.2) is 4.98 Å². The van der Waals surface area contributed by atoms with Crippen molar-refractivity contribution in [3.63, 3.8) is 0 Å². The van der Waals surface area contributed by atoms with Gasteiger partial charge in [-0.1, -0.05) is 26.0 Å². The third kappa shape index (κ3) is 6.15. The molecule has 0 saturated heterocycles. The average molecular weight is 389 g/mol. The van der Waals surface area contributed by atoms with Gasteiger partial charge in [-0.05, 0) is 18.1 Å². The topological polar surface area (TPSA) is 126 Å². The molecule has 0 unspecified atom stereocenters. The molecule has 0 aliphatic heterocycles. The SMILES string of the molecule is CC(=O)Nc1ccc(-c2csc(NC(=O)CNC(=O)[C@@H](N)C(C)C)n2)cc1. The summed E-state index contributed by atoms with van der Waals surface area (Å²) in [6, 6.07) is 6.58. The Labute approximate surface area is 161 Å². The first kappa shape index (κ1) is 20.5. The van der Waals surface area contributed by atoms with Crippen molar-refractivity contribution in [2.45, 2.75) is 26.8 Å². The molecule has 8 nitrogen and oxygen atoms in total. The van der Waals surface area contributed by atoms with Crippen LogP contribution in [0.1, 0.15) is 20.8 Å². The number of anilines is 2. The summed E-state index contributed by atoms with van der Waals surface area (Å²) < 4.78 is 0. The van der Waals surface area contributed by atoms with Gasteiger partial charge in [0.2, 0.25) is 17.7 Å². The first-order valence-corrected chi connectivity index (χ1v) is 9.31. The number of carbonyl (C=O) groups excluding carboxylic acids is 3.